The average molecular weight is 310 g/mol. The number of primary amides is 1. The van der Waals surface area contributed by atoms with Crippen molar-refractivity contribution in [3.05, 3.63) is 65.2 Å². The van der Waals surface area contributed by atoms with E-state index in [1.807, 2.05) is 6.07 Å². The topological polar surface area (TPSA) is 76.6 Å². The maximum atomic E-state index is 12.2. The number of benzene rings is 2. The molecule has 4 N–H and O–H groups in total. The van der Waals surface area contributed by atoms with Gasteiger partial charge in [-0.05, 0) is 29.8 Å². The van der Waals surface area contributed by atoms with Crippen LogP contribution in [-0.4, -0.2) is 24.9 Å². The van der Waals surface area contributed by atoms with Crippen LogP contribution in [0.5, 0.6) is 0 Å². The molecule has 118 valence electrons. The molecule has 0 aromatic heterocycles. The van der Waals surface area contributed by atoms with Crippen LogP contribution in [0, 0.1) is 0 Å². The Bertz CT molecular complexity index is 725. The lowest BCUT2D eigenvalue weighted by Gasteiger charge is -2.25. The van der Waals surface area contributed by atoms with Crippen LogP contribution in [0.1, 0.15) is 21.5 Å². The molecule has 1 unspecified atom stereocenters. The fourth-order valence-electron chi connectivity index (χ4n) is 2.94. The molecule has 5 heteroatoms. The molecule has 0 spiro atoms. The summed E-state index contributed by atoms with van der Waals surface area (Å²) in [5, 5.41) is 2.87. The first kappa shape index (κ1) is 15.2. The molecule has 0 fully saturated rings. The maximum Gasteiger partial charge on any atom is 0.279 e. The summed E-state index contributed by atoms with van der Waals surface area (Å²) in [6, 6.07) is 15.0. The van der Waals surface area contributed by atoms with Crippen LogP contribution in [0.4, 0.5) is 5.69 Å². The van der Waals surface area contributed by atoms with Crippen molar-refractivity contribution in [1.29, 1.82) is 0 Å². The van der Waals surface area contributed by atoms with Crippen LogP contribution in [-0.2, 0) is 17.8 Å². The van der Waals surface area contributed by atoms with Gasteiger partial charge >= 0.3 is 0 Å². The zero-order chi connectivity index (χ0) is 16.2. The molecule has 2 aromatic rings. The van der Waals surface area contributed by atoms with Crippen molar-refractivity contribution in [3.8, 4) is 0 Å². The second kappa shape index (κ2) is 6.62. The molecule has 1 aliphatic heterocycles. The highest BCUT2D eigenvalue weighted by Crippen LogP contribution is 2.11. The van der Waals surface area contributed by atoms with Gasteiger partial charge < -0.3 is 16.0 Å². The summed E-state index contributed by atoms with van der Waals surface area (Å²) < 4.78 is 0. The number of carbonyl (C=O) groups is 2. The van der Waals surface area contributed by atoms with E-state index in [2.05, 4.69) is 23.5 Å². The number of hydrogen-bond acceptors (Lipinski definition) is 2. The predicted molar refractivity (Wildman–Crippen MR) is 88.1 cm³/mol. The van der Waals surface area contributed by atoms with Crippen LogP contribution < -0.4 is 16.0 Å². The van der Waals surface area contributed by atoms with E-state index in [0.717, 1.165) is 19.5 Å². The highest BCUT2D eigenvalue weighted by molar-refractivity contribution is 5.95. The zero-order valence-electron chi connectivity index (χ0n) is 12.8. The predicted octanol–water partition coefficient (Wildman–Crippen LogP) is 0.365. The molecule has 2 aromatic carbocycles. The molecule has 0 saturated heterocycles. The van der Waals surface area contributed by atoms with E-state index >= 15 is 0 Å². The molecule has 1 aliphatic rings. The van der Waals surface area contributed by atoms with Gasteiger partial charge in [-0.15, -0.1) is 0 Å². The summed E-state index contributed by atoms with van der Waals surface area (Å²) in [6.45, 7) is 2.28. The summed E-state index contributed by atoms with van der Waals surface area (Å²) in [5.41, 5.74) is 9.02. The Balaban J connectivity index is 1.57. The Hall–Kier alpha value is -2.66. The minimum absolute atomic E-state index is 0.0220. The summed E-state index contributed by atoms with van der Waals surface area (Å²) >= 11 is 0. The van der Waals surface area contributed by atoms with Gasteiger partial charge in [-0.25, -0.2) is 0 Å². The molecule has 0 radical (unpaired) electrons. The Morgan fingerprint density at radius 1 is 1.04 bits per heavy atom. The quantitative estimate of drug-likeness (QED) is 0.763. The number of hydrogen-bond donors (Lipinski definition) is 3. The van der Waals surface area contributed by atoms with Gasteiger partial charge in [0.15, 0.2) is 6.54 Å². The van der Waals surface area contributed by atoms with E-state index in [1.54, 1.807) is 24.3 Å². The first-order chi connectivity index (χ1) is 11.1. The Kier molecular flexibility index (Phi) is 4.39. The van der Waals surface area contributed by atoms with Crippen molar-refractivity contribution in [2.45, 2.75) is 13.0 Å². The van der Waals surface area contributed by atoms with Crippen molar-refractivity contribution >= 4 is 17.5 Å². The van der Waals surface area contributed by atoms with Crippen LogP contribution in [0.25, 0.3) is 0 Å². The van der Waals surface area contributed by atoms with E-state index < -0.39 is 5.91 Å². The number of quaternary nitrogens is 1. The number of amides is 2. The van der Waals surface area contributed by atoms with E-state index in [1.165, 1.54) is 16.0 Å². The van der Waals surface area contributed by atoms with E-state index in [9.17, 15) is 9.59 Å². The van der Waals surface area contributed by atoms with Gasteiger partial charge in [-0.1, -0.05) is 24.3 Å². The fraction of sp³-hybridized carbons (Fsp3) is 0.222. The van der Waals surface area contributed by atoms with Gasteiger partial charge in [0.25, 0.3) is 5.91 Å². The minimum Gasteiger partial charge on any atom is -0.366 e. The molecule has 2 amide bonds. The maximum absolute atomic E-state index is 12.2. The number of anilines is 1. The normalized spacial score (nSPS) is 16.4. The van der Waals surface area contributed by atoms with Gasteiger partial charge in [0, 0.05) is 23.2 Å². The number of fused-ring (bicyclic) bond motifs is 1. The van der Waals surface area contributed by atoms with Crippen molar-refractivity contribution in [2.24, 2.45) is 5.73 Å². The van der Waals surface area contributed by atoms with Gasteiger partial charge in [-0.2, -0.15) is 0 Å². The molecular formula is C18H20N3O2+. The smallest absolute Gasteiger partial charge is 0.279 e. The second-order valence-electron chi connectivity index (χ2n) is 5.86. The lowest BCUT2D eigenvalue weighted by Crippen LogP contribution is -3.12. The lowest BCUT2D eigenvalue weighted by molar-refractivity contribution is -0.907. The Morgan fingerprint density at radius 2 is 1.74 bits per heavy atom. The first-order valence-corrected chi connectivity index (χ1v) is 7.72. The van der Waals surface area contributed by atoms with Crippen LogP contribution in [0.15, 0.2) is 48.5 Å². The van der Waals surface area contributed by atoms with Crippen LogP contribution in [0.3, 0.4) is 0 Å². The lowest BCUT2D eigenvalue weighted by atomic mass is 10.00. The van der Waals surface area contributed by atoms with Crippen molar-refractivity contribution in [1.82, 2.24) is 0 Å². The summed E-state index contributed by atoms with van der Waals surface area (Å²) in [6.07, 6.45) is 1.01. The molecule has 1 heterocycles. The summed E-state index contributed by atoms with van der Waals surface area (Å²) in [4.78, 5) is 24.5. The Labute approximate surface area is 135 Å². The molecule has 3 rings (SSSR count). The third kappa shape index (κ3) is 3.76. The standard InChI is InChI=1S/C18H19N3O2/c19-18(23)14-5-7-16(8-6-14)20-17(22)12-21-10-9-13-3-1-2-4-15(13)11-21/h1-8H,9-12H2,(H2,19,23)(H,20,22)/p+1. The van der Waals surface area contributed by atoms with E-state index in [4.69, 9.17) is 5.73 Å². The van der Waals surface area contributed by atoms with Gasteiger partial charge in [0.05, 0.1) is 6.54 Å². The minimum atomic E-state index is -0.473. The fourth-order valence-corrected chi connectivity index (χ4v) is 2.94. The van der Waals surface area contributed by atoms with Gasteiger partial charge in [0.2, 0.25) is 5.91 Å². The average Bonchev–Trinajstić information content (AvgIpc) is 2.55. The number of nitrogens with one attached hydrogen (secondary N) is 2. The van der Waals surface area contributed by atoms with Gasteiger partial charge in [-0.3, -0.25) is 9.59 Å². The molecule has 1 atom stereocenters. The SMILES string of the molecule is NC(=O)c1ccc(NC(=O)C[NH+]2CCc3ccccc3C2)cc1. The van der Waals surface area contributed by atoms with Crippen LogP contribution >= 0.6 is 0 Å². The molecule has 5 nitrogen and oxygen atoms in total. The third-order valence-corrected chi connectivity index (χ3v) is 4.17. The second-order valence-corrected chi connectivity index (χ2v) is 5.86. The number of nitrogens with two attached hydrogens (primary N) is 1. The van der Waals surface area contributed by atoms with Crippen molar-refractivity contribution < 1.29 is 14.5 Å². The molecule has 0 aliphatic carbocycles. The number of carbonyl (C=O) groups excluding carboxylic acids is 2. The monoisotopic (exact) mass is 310 g/mol. The number of rotatable bonds is 4. The molecular weight excluding hydrogens is 290 g/mol. The molecule has 0 saturated carbocycles. The molecule has 23 heavy (non-hydrogen) atoms. The highest BCUT2D eigenvalue weighted by Gasteiger charge is 2.21. The Morgan fingerprint density at radius 3 is 2.43 bits per heavy atom. The van der Waals surface area contributed by atoms with Gasteiger partial charge in [0.1, 0.15) is 6.54 Å². The van der Waals surface area contributed by atoms with Crippen molar-refractivity contribution in [2.75, 3.05) is 18.4 Å². The van der Waals surface area contributed by atoms with E-state index in [0.29, 0.717) is 17.8 Å². The van der Waals surface area contributed by atoms with Crippen molar-refractivity contribution in [3.63, 3.8) is 0 Å². The zero-order valence-corrected chi connectivity index (χ0v) is 12.8. The summed E-state index contributed by atoms with van der Waals surface area (Å²) in [7, 11) is 0. The molecule has 0 bridgehead atoms. The largest absolute Gasteiger partial charge is 0.366 e. The third-order valence-electron chi connectivity index (χ3n) is 4.17. The van der Waals surface area contributed by atoms with Crippen LogP contribution in [0.2, 0.25) is 0 Å². The van der Waals surface area contributed by atoms with E-state index in [-0.39, 0.29) is 5.91 Å². The highest BCUT2D eigenvalue weighted by atomic mass is 16.2. The first-order valence-electron chi connectivity index (χ1n) is 7.72. The summed E-state index contributed by atoms with van der Waals surface area (Å²) in [5.74, 6) is -0.495.